The largest absolute Gasteiger partial charge is 0.478 e. The zero-order chi connectivity index (χ0) is 15.0. The average molecular weight is 308 g/mol. The van der Waals surface area contributed by atoms with E-state index in [-0.39, 0.29) is 11.3 Å². The van der Waals surface area contributed by atoms with E-state index in [4.69, 9.17) is 5.11 Å². The van der Waals surface area contributed by atoms with Gasteiger partial charge in [-0.3, -0.25) is 0 Å². The number of fused-ring (bicyclic) bond motifs is 1. The highest BCUT2D eigenvalue weighted by molar-refractivity contribution is 7.92. The van der Waals surface area contributed by atoms with Crippen molar-refractivity contribution in [2.45, 2.75) is 30.9 Å². The van der Waals surface area contributed by atoms with Gasteiger partial charge in [-0.2, -0.15) is 0 Å². The first kappa shape index (κ1) is 14.1. The van der Waals surface area contributed by atoms with Crippen LogP contribution in [0.2, 0.25) is 0 Å². The van der Waals surface area contributed by atoms with Gasteiger partial charge in [-0.1, -0.05) is 6.42 Å². The predicted octanol–water partition coefficient (Wildman–Crippen LogP) is 1.54. The monoisotopic (exact) mass is 308 g/mol. The number of pyridine rings is 1. The number of carboxylic acids is 1. The van der Waals surface area contributed by atoms with E-state index in [2.05, 4.69) is 4.98 Å². The number of hydrogen-bond acceptors (Lipinski definition) is 4. The maximum absolute atomic E-state index is 12.0. The lowest BCUT2D eigenvalue weighted by atomic mass is 10.1. The molecule has 3 heterocycles. The van der Waals surface area contributed by atoms with Gasteiger partial charge < -0.3 is 9.51 Å². The Labute approximate surface area is 122 Å². The third-order valence-electron chi connectivity index (χ3n) is 3.91. The van der Waals surface area contributed by atoms with Crippen LogP contribution in [0.4, 0.5) is 0 Å². The fourth-order valence-electron chi connectivity index (χ4n) is 2.81. The maximum atomic E-state index is 12.0. The molecule has 1 atom stereocenters. The number of sulfone groups is 1. The minimum absolute atomic E-state index is 0.121. The molecule has 1 aliphatic rings. The summed E-state index contributed by atoms with van der Waals surface area (Å²) < 4.78 is 25.7. The predicted molar refractivity (Wildman–Crippen MR) is 77.3 cm³/mol. The molecule has 0 amide bonds. The number of nitrogens with zero attached hydrogens (tertiary/aromatic N) is 2. The van der Waals surface area contributed by atoms with Crippen LogP contribution >= 0.6 is 0 Å². The first-order chi connectivity index (χ1) is 9.97. The molecule has 3 rings (SSSR count). The molecular formula is C14H16N2O4S. The van der Waals surface area contributed by atoms with Gasteiger partial charge in [0.25, 0.3) is 0 Å². The Morgan fingerprint density at radius 1 is 1.43 bits per heavy atom. The molecule has 1 fully saturated rings. The molecule has 21 heavy (non-hydrogen) atoms. The zero-order valence-corrected chi connectivity index (χ0v) is 12.2. The number of carbonyl (C=O) groups is 1. The summed E-state index contributed by atoms with van der Waals surface area (Å²) in [6.07, 6.45) is 6.08. The van der Waals surface area contributed by atoms with Gasteiger partial charge in [-0.25, -0.2) is 18.2 Å². The lowest BCUT2D eigenvalue weighted by Gasteiger charge is -2.21. The van der Waals surface area contributed by atoms with Crippen LogP contribution in [0.1, 0.15) is 35.3 Å². The second-order valence-corrected chi connectivity index (χ2v) is 7.78. The molecule has 6 nitrogen and oxygen atoms in total. The van der Waals surface area contributed by atoms with Crippen molar-refractivity contribution < 1.29 is 18.3 Å². The van der Waals surface area contributed by atoms with Crippen molar-refractivity contribution in [3.8, 4) is 0 Å². The maximum Gasteiger partial charge on any atom is 0.339 e. The number of carboxylic acid groups (broad SMARTS) is 1. The molecule has 1 unspecified atom stereocenters. The first-order valence-corrected chi connectivity index (χ1v) is 8.60. The third-order valence-corrected chi connectivity index (χ3v) is 6.19. The van der Waals surface area contributed by atoms with E-state index >= 15 is 0 Å². The Bertz CT molecular complexity index is 794. The van der Waals surface area contributed by atoms with Crippen LogP contribution < -0.4 is 0 Å². The van der Waals surface area contributed by atoms with Crippen LogP contribution in [0.15, 0.2) is 24.5 Å². The quantitative estimate of drug-likeness (QED) is 0.929. The Kier molecular flexibility index (Phi) is 3.44. The highest BCUT2D eigenvalue weighted by Crippen LogP contribution is 2.23. The molecule has 7 heteroatoms. The molecule has 0 aliphatic carbocycles. The smallest absolute Gasteiger partial charge is 0.339 e. The number of aromatic carboxylic acids is 1. The van der Waals surface area contributed by atoms with E-state index < -0.39 is 21.1 Å². The van der Waals surface area contributed by atoms with Crippen molar-refractivity contribution in [3.05, 3.63) is 35.8 Å². The van der Waals surface area contributed by atoms with Crippen LogP contribution in [0.5, 0.6) is 0 Å². The van der Waals surface area contributed by atoms with Crippen molar-refractivity contribution in [3.63, 3.8) is 0 Å². The van der Waals surface area contributed by atoms with Gasteiger partial charge in [0.05, 0.1) is 16.7 Å². The Balaban J connectivity index is 1.95. The van der Waals surface area contributed by atoms with Crippen molar-refractivity contribution in [2.75, 3.05) is 5.75 Å². The standard InChI is InChI=1S/C14H16N2O4S/c17-14(18)12-5-3-6-16-9-10(15-13(12)16)8-11-4-1-2-7-21(11,19)20/h3,5-6,9,11H,1-2,4,7-8H2,(H,17,18). The van der Waals surface area contributed by atoms with Gasteiger partial charge in [0, 0.05) is 18.8 Å². The summed E-state index contributed by atoms with van der Waals surface area (Å²) in [6.45, 7) is 0. The fraction of sp³-hybridized carbons (Fsp3) is 0.429. The molecule has 2 aromatic heterocycles. The summed E-state index contributed by atoms with van der Waals surface area (Å²) in [5.41, 5.74) is 1.10. The second-order valence-electron chi connectivity index (χ2n) is 5.38. The van der Waals surface area contributed by atoms with E-state index in [1.54, 1.807) is 22.9 Å². The van der Waals surface area contributed by atoms with Gasteiger partial charge in [0.2, 0.25) is 0 Å². The van der Waals surface area contributed by atoms with Gasteiger partial charge in [-0.15, -0.1) is 0 Å². The number of rotatable bonds is 3. The van der Waals surface area contributed by atoms with Crippen molar-refractivity contribution >= 4 is 21.5 Å². The average Bonchev–Trinajstić information content (AvgIpc) is 2.83. The Morgan fingerprint density at radius 3 is 2.95 bits per heavy atom. The van der Waals surface area contributed by atoms with E-state index in [0.29, 0.717) is 24.2 Å². The SMILES string of the molecule is O=C(O)c1cccn2cc(CC3CCCCS3(=O)=O)nc12. The fourth-order valence-corrected chi connectivity index (χ4v) is 4.70. The lowest BCUT2D eigenvalue weighted by Crippen LogP contribution is -2.30. The molecule has 2 aromatic rings. The van der Waals surface area contributed by atoms with Crippen LogP contribution in [0.3, 0.4) is 0 Å². The molecule has 0 aromatic carbocycles. The minimum Gasteiger partial charge on any atom is -0.478 e. The summed E-state index contributed by atoms with van der Waals surface area (Å²) in [5.74, 6) is -0.797. The highest BCUT2D eigenvalue weighted by atomic mass is 32.2. The molecule has 0 radical (unpaired) electrons. The molecular weight excluding hydrogens is 292 g/mol. The molecule has 1 saturated heterocycles. The molecule has 1 aliphatic heterocycles. The summed E-state index contributed by atoms with van der Waals surface area (Å²) in [4.78, 5) is 15.5. The number of aromatic nitrogens is 2. The Hall–Kier alpha value is -1.89. The van der Waals surface area contributed by atoms with E-state index in [1.165, 1.54) is 6.07 Å². The van der Waals surface area contributed by atoms with Crippen LogP contribution in [0, 0.1) is 0 Å². The van der Waals surface area contributed by atoms with E-state index in [0.717, 1.165) is 12.8 Å². The molecule has 112 valence electrons. The summed E-state index contributed by atoms with van der Waals surface area (Å²) in [5, 5.41) is 8.75. The van der Waals surface area contributed by atoms with Gasteiger partial charge in [-0.05, 0) is 25.0 Å². The van der Waals surface area contributed by atoms with Crippen molar-refractivity contribution in [2.24, 2.45) is 0 Å². The minimum atomic E-state index is -3.05. The molecule has 0 bridgehead atoms. The van der Waals surface area contributed by atoms with Gasteiger partial charge in [0.1, 0.15) is 5.56 Å². The molecule has 1 N–H and O–H groups in total. The van der Waals surface area contributed by atoms with Crippen LogP contribution in [0.25, 0.3) is 5.65 Å². The Morgan fingerprint density at radius 2 is 2.24 bits per heavy atom. The topological polar surface area (TPSA) is 88.7 Å². The van der Waals surface area contributed by atoms with Gasteiger partial charge in [0.15, 0.2) is 15.5 Å². The van der Waals surface area contributed by atoms with Gasteiger partial charge >= 0.3 is 5.97 Å². The summed E-state index contributed by atoms with van der Waals surface area (Å²) >= 11 is 0. The van der Waals surface area contributed by atoms with Crippen LogP contribution in [-0.2, 0) is 16.3 Å². The normalized spacial score (nSPS) is 21.4. The third kappa shape index (κ3) is 2.65. The van der Waals surface area contributed by atoms with Crippen molar-refractivity contribution in [1.82, 2.24) is 9.38 Å². The highest BCUT2D eigenvalue weighted by Gasteiger charge is 2.29. The molecule has 0 spiro atoms. The van der Waals surface area contributed by atoms with E-state index in [9.17, 15) is 13.2 Å². The number of hydrogen-bond donors (Lipinski definition) is 1. The van der Waals surface area contributed by atoms with E-state index in [1.807, 2.05) is 0 Å². The van der Waals surface area contributed by atoms with Crippen LogP contribution in [-0.4, -0.2) is 39.9 Å². The second kappa shape index (κ2) is 5.14. The summed E-state index contributed by atoms with van der Waals surface area (Å²) in [6, 6.07) is 3.13. The zero-order valence-electron chi connectivity index (χ0n) is 11.4. The number of imidazole rings is 1. The first-order valence-electron chi connectivity index (χ1n) is 6.89. The summed E-state index contributed by atoms with van der Waals surface area (Å²) in [7, 11) is -3.05. The van der Waals surface area contributed by atoms with Crippen molar-refractivity contribution in [1.29, 1.82) is 0 Å². The lowest BCUT2D eigenvalue weighted by molar-refractivity contribution is 0.0698. The molecule has 0 saturated carbocycles.